The monoisotopic (exact) mass is 270 g/mol. The molecule has 104 valence electrons. The highest BCUT2D eigenvalue weighted by atomic mass is 19.1. The Labute approximate surface area is 119 Å². The van der Waals surface area contributed by atoms with Crippen molar-refractivity contribution in [1.82, 2.24) is 0 Å². The van der Waals surface area contributed by atoms with E-state index < -0.39 is 0 Å². The van der Waals surface area contributed by atoms with E-state index in [4.69, 9.17) is 0 Å². The fraction of sp³-hybridized carbons (Fsp3) is 0.278. The predicted octanol–water partition coefficient (Wildman–Crippen LogP) is 4.48. The van der Waals surface area contributed by atoms with E-state index in [9.17, 15) is 9.18 Å². The number of carbonyl (C=O) groups excluding carboxylic acids is 1. The lowest BCUT2D eigenvalue weighted by molar-refractivity contribution is 0.0992. The Hall–Kier alpha value is -1.96. The summed E-state index contributed by atoms with van der Waals surface area (Å²) in [5.74, 6) is -0.265. The maximum absolute atomic E-state index is 13.1. The Morgan fingerprint density at radius 3 is 2.10 bits per heavy atom. The molecule has 0 radical (unpaired) electrons. The summed E-state index contributed by atoms with van der Waals surface area (Å²) in [6.07, 6.45) is 0.365. The molecule has 0 aliphatic heterocycles. The molecule has 0 aliphatic rings. The molecular formula is C18H19FO. The molecule has 0 unspecified atom stereocenters. The van der Waals surface area contributed by atoms with Crippen LogP contribution in [0.2, 0.25) is 0 Å². The summed E-state index contributed by atoms with van der Waals surface area (Å²) in [6, 6.07) is 8.50. The van der Waals surface area contributed by atoms with Crippen molar-refractivity contribution in [3.05, 3.63) is 69.5 Å². The first-order chi connectivity index (χ1) is 9.38. The standard InChI is InChI=1S/C18H19FO/c1-11-7-12(2)17(13(3)8-11)10-18(20)16-6-5-15(19)9-14(16)4/h5-9H,10H2,1-4H3. The Morgan fingerprint density at radius 2 is 1.55 bits per heavy atom. The van der Waals surface area contributed by atoms with E-state index in [1.807, 2.05) is 13.8 Å². The van der Waals surface area contributed by atoms with Crippen molar-refractivity contribution < 1.29 is 9.18 Å². The second-order valence-electron chi connectivity index (χ2n) is 5.44. The van der Waals surface area contributed by atoms with Gasteiger partial charge in [0.15, 0.2) is 5.78 Å². The smallest absolute Gasteiger partial charge is 0.167 e. The van der Waals surface area contributed by atoms with E-state index in [0.29, 0.717) is 17.5 Å². The minimum absolute atomic E-state index is 0.0394. The highest BCUT2D eigenvalue weighted by Gasteiger charge is 2.13. The molecule has 0 aliphatic carbocycles. The number of Topliss-reactive ketones (excluding diaryl/α,β-unsaturated/α-hetero) is 1. The zero-order valence-corrected chi connectivity index (χ0v) is 12.4. The second-order valence-corrected chi connectivity index (χ2v) is 5.44. The fourth-order valence-electron chi connectivity index (χ4n) is 2.68. The number of carbonyl (C=O) groups is 1. The van der Waals surface area contributed by atoms with Crippen LogP contribution in [-0.2, 0) is 6.42 Å². The van der Waals surface area contributed by atoms with Crippen molar-refractivity contribution >= 4 is 5.78 Å². The van der Waals surface area contributed by atoms with E-state index in [-0.39, 0.29) is 11.6 Å². The maximum Gasteiger partial charge on any atom is 0.167 e. The van der Waals surface area contributed by atoms with Crippen LogP contribution >= 0.6 is 0 Å². The summed E-state index contributed by atoms with van der Waals surface area (Å²) in [6.45, 7) is 7.88. The Morgan fingerprint density at radius 1 is 0.950 bits per heavy atom. The molecule has 0 atom stereocenters. The molecule has 20 heavy (non-hydrogen) atoms. The summed E-state index contributed by atoms with van der Waals surface area (Å²) in [4.78, 5) is 12.4. The fourth-order valence-corrected chi connectivity index (χ4v) is 2.68. The van der Waals surface area contributed by atoms with Gasteiger partial charge in [-0.15, -0.1) is 0 Å². The van der Waals surface area contributed by atoms with Crippen LogP contribution in [0.3, 0.4) is 0 Å². The maximum atomic E-state index is 13.1. The zero-order valence-electron chi connectivity index (χ0n) is 12.4. The first kappa shape index (κ1) is 14.4. The first-order valence-electron chi connectivity index (χ1n) is 6.74. The molecular weight excluding hydrogens is 251 g/mol. The van der Waals surface area contributed by atoms with Gasteiger partial charge in [0.2, 0.25) is 0 Å². The number of halogens is 1. The molecule has 2 heteroatoms. The van der Waals surface area contributed by atoms with Gasteiger partial charge in [0.25, 0.3) is 0 Å². The lowest BCUT2D eigenvalue weighted by Gasteiger charge is -2.12. The van der Waals surface area contributed by atoms with E-state index in [0.717, 1.165) is 16.7 Å². The van der Waals surface area contributed by atoms with Crippen molar-refractivity contribution in [2.45, 2.75) is 34.1 Å². The van der Waals surface area contributed by atoms with Crippen molar-refractivity contribution in [1.29, 1.82) is 0 Å². The van der Waals surface area contributed by atoms with Gasteiger partial charge in [0.05, 0.1) is 0 Å². The van der Waals surface area contributed by atoms with Gasteiger partial charge in [0, 0.05) is 12.0 Å². The van der Waals surface area contributed by atoms with Crippen LogP contribution in [0.4, 0.5) is 4.39 Å². The lowest BCUT2D eigenvalue weighted by Crippen LogP contribution is -2.08. The number of ketones is 1. The molecule has 2 aromatic carbocycles. The van der Waals surface area contributed by atoms with Crippen LogP contribution in [0.1, 0.15) is 38.2 Å². The van der Waals surface area contributed by atoms with Gasteiger partial charge in [-0.3, -0.25) is 4.79 Å². The molecule has 0 fully saturated rings. The molecule has 0 spiro atoms. The number of hydrogen-bond acceptors (Lipinski definition) is 1. The lowest BCUT2D eigenvalue weighted by atomic mass is 9.92. The molecule has 0 N–H and O–H groups in total. The first-order valence-corrected chi connectivity index (χ1v) is 6.74. The molecule has 0 bridgehead atoms. The molecule has 2 aromatic rings. The van der Waals surface area contributed by atoms with E-state index in [1.54, 1.807) is 13.0 Å². The average molecular weight is 270 g/mol. The van der Waals surface area contributed by atoms with Crippen molar-refractivity contribution in [3.8, 4) is 0 Å². The third-order valence-corrected chi connectivity index (χ3v) is 3.67. The summed E-state index contributed by atoms with van der Waals surface area (Å²) < 4.78 is 13.1. The normalized spacial score (nSPS) is 10.7. The second kappa shape index (κ2) is 5.58. The van der Waals surface area contributed by atoms with Crippen molar-refractivity contribution in [3.63, 3.8) is 0 Å². The third kappa shape index (κ3) is 2.96. The molecule has 0 amide bonds. The number of hydrogen-bond donors (Lipinski definition) is 0. The Balaban J connectivity index is 2.33. The molecule has 0 saturated carbocycles. The zero-order chi connectivity index (χ0) is 14.9. The molecule has 0 aromatic heterocycles. The third-order valence-electron chi connectivity index (χ3n) is 3.67. The molecule has 2 rings (SSSR count). The van der Waals surface area contributed by atoms with Gasteiger partial charge in [-0.1, -0.05) is 17.7 Å². The van der Waals surface area contributed by atoms with E-state index >= 15 is 0 Å². The van der Waals surface area contributed by atoms with Gasteiger partial charge in [-0.2, -0.15) is 0 Å². The van der Waals surface area contributed by atoms with Gasteiger partial charge in [-0.25, -0.2) is 4.39 Å². The van der Waals surface area contributed by atoms with Crippen molar-refractivity contribution in [2.24, 2.45) is 0 Å². The van der Waals surface area contributed by atoms with Crippen LogP contribution in [0, 0.1) is 33.5 Å². The minimum Gasteiger partial charge on any atom is -0.294 e. The van der Waals surface area contributed by atoms with Gasteiger partial charge < -0.3 is 0 Å². The van der Waals surface area contributed by atoms with E-state index in [1.165, 1.54) is 17.7 Å². The summed E-state index contributed by atoms with van der Waals surface area (Å²) in [5.41, 5.74) is 5.84. The quantitative estimate of drug-likeness (QED) is 0.751. The topological polar surface area (TPSA) is 17.1 Å². The summed E-state index contributed by atoms with van der Waals surface area (Å²) in [5, 5.41) is 0. The molecule has 1 nitrogen and oxygen atoms in total. The predicted molar refractivity (Wildman–Crippen MR) is 79.8 cm³/mol. The Bertz CT molecular complexity index is 648. The highest BCUT2D eigenvalue weighted by Crippen LogP contribution is 2.20. The van der Waals surface area contributed by atoms with E-state index in [2.05, 4.69) is 19.1 Å². The highest BCUT2D eigenvalue weighted by molar-refractivity contribution is 5.99. The SMILES string of the molecule is Cc1cc(C)c(CC(=O)c2ccc(F)cc2C)c(C)c1. The Kier molecular flexibility index (Phi) is 4.03. The summed E-state index contributed by atoms with van der Waals surface area (Å²) >= 11 is 0. The summed E-state index contributed by atoms with van der Waals surface area (Å²) in [7, 11) is 0. The number of benzene rings is 2. The van der Waals surface area contributed by atoms with Gasteiger partial charge in [0.1, 0.15) is 5.82 Å². The minimum atomic E-state index is -0.304. The molecule has 0 saturated heterocycles. The largest absolute Gasteiger partial charge is 0.294 e. The van der Waals surface area contributed by atoms with Gasteiger partial charge >= 0.3 is 0 Å². The average Bonchev–Trinajstić information content (AvgIpc) is 2.33. The number of aryl methyl sites for hydroxylation is 4. The van der Waals surface area contributed by atoms with Crippen LogP contribution in [0.25, 0.3) is 0 Å². The van der Waals surface area contributed by atoms with Crippen LogP contribution < -0.4 is 0 Å². The number of rotatable bonds is 3. The van der Waals surface area contributed by atoms with Crippen LogP contribution in [0.15, 0.2) is 30.3 Å². The van der Waals surface area contributed by atoms with Gasteiger partial charge in [-0.05, 0) is 68.1 Å². The van der Waals surface area contributed by atoms with Crippen LogP contribution in [0.5, 0.6) is 0 Å². The van der Waals surface area contributed by atoms with Crippen LogP contribution in [-0.4, -0.2) is 5.78 Å². The molecule has 0 heterocycles. The van der Waals surface area contributed by atoms with Crippen molar-refractivity contribution in [2.75, 3.05) is 0 Å².